The van der Waals surface area contributed by atoms with Crippen molar-refractivity contribution in [2.75, 3.05) is 39.9 Å². The molecule has 0 aromatic rings. The molecule has 1 N–H and O–H groups in total. The van der Waals surface area contributed by atoms with Gasteiger partial charge in [0.1, 0.15) is 6.54 Å². The van der Waals surface area contributed by atoms with Crippen LogP contribution in [0.4, 0.5) is 0 Å². The number of hydrogen-bond donors (Lipinski definition) is 1. The number of likely N-dealkylation sites (tertiary alicyclic amines) is 1. The molecule has 0 saturated carbocycles. The van der Waals surface area contributed by atoms with Crippen LogP contribution in [0.1, 0.15) is 33.6 Å². The fourth-order valence-electron chi connectivity index (χ4n) is 2.73. The van der Waals surface area contributed by atoms with E-state index in [0.717, 1.165) is 6.42 Å². The highest BCUT2D eigenvalue weighted by Crippen LogP contribution is 2.24. The van der Waals surface area contributed by atoms with Crippen molar-refractivity contribution in [1.29, 1.82) is 0 Å². The first-order valence-electron chi connectivity index (χ1n) is 7.95. The normalized spacial score (nSPS) is 18.6. The molecule has 1 aliphatic rings. The standard InChI is InChI=1S/C16H28N2O5/c1-16(2,3)15(22)18-7-5-6-12(10-18)14(21)17(8-9-23-4)11-13(19)20/h12H,5-11H2,1-4H3,(H,19,20). The van der Waals surface area contributed by atoms with Gasteiger partial charge in [-0.1, -0.05) is 20.8 Å². The van der Waals surface area contributed by atoms with Gasteiger partial charge in [-0.15, -0.1) is 0 Å². The highest BCUT2D eigenvalue weighted by atomic mass is 16.5. The summed E-state index contributed by atoms with van der Waals surface area (Å²) in [6.45, 7) is 6.77. The Bertz CT molecular complexity index is 444. The van der Waals surface area contributed by atoms with E-state index in [1.54, 1.807) is 4.90 Å². The summed E-state index contributed by atoms with van der Waals surface area (Å²) in [5.41, 5.74) is -0.484. The molecule has 1 atom stereocenters. The van der Waals surface area contributed by atoms with Crippen molar-refractivity contribution >= 4 is 17.8 Å². The minimum atomic E-state index is -1.05. The number of hydrogen-bond acceptors (Lipinski definition) is 4. The number of methoxy groups -OCH3 is 1. The van der Waals surface area contributed by atoms with Crippen LogP contribution in [-0.2, 0) is 19.1 Å². The molecule has 0 aromatic carbocycles. The Kier molecular flexibility index (Phi) is 7.00. The van der Waals surface area contributed by atoms with Crippen LogP contribution in [0.15, 0.2) is 0 Å². The lowest BCUT2D eigenvalue weighted by Gasteiger charge is -2.37. The van der Waals surface area contributed by atoms with E-state index in [9.17, 15) is 14.4 Å². The van der Waals surface area contributed by atoms with Crippen molar-refractivity contribution in [3.8, 4) is 0 Å². The largest absolute Gasteiger partial charge is 0.480 e. The van der Waals surface area contributed by atoms with Crippen LogP contribution in [0.2, 0.25) is 0 Å². The van der Waals surface area contributed by atoms with Gasteiger partial charge in [-0.05, 0) is 12.8 Å². The van der Waals surface area contributed by atoms with Crippen molar-refractivity contribution in [2.45, 2.75) is 33.6 Å². The molecule has 0 bridgehead atoms. The maximum absolute atomic E-state index is 12.6. The minimum Gasteiger partial charge on any atom is -0.480 e. The van der Waals surface area contributed by atoms with Gasteiger partial charge in [0.05, 0.1) is 12.5 Å². The summed E-state index contributed by atoms with van der Waals surface area (Å²) < 4.78 is 4.94. The van der Waals surface area contributed by atoms with E-state index in [4.69, 9.17) is 9.84 Å². The van der Waals surface area contributed by atoms with Crippen LogP contribution >= 0.6 is 0 Å². The number of rotatable bonds is 6. The number of carbonyl (C=O) groups excluding carboxylic acids is 2. The van der Waals surface area contributed by atoms with Gasteiger partial charge in [0.25, 0.3) is 0 Å². The van der Waals surface area contributed by atoms with Crippen LogP contribution in [0, 0.1) is 11.3 Å². The van der Waals surface area contributed by atoms with E-state index in [-0.39, 0.29) is 37.4 Å². The number of nitrogens with zero attached hydrogens (tertiary/aromatic N) is 2. The second kappa shape index (κ2) is 8.29. The van der Waals surface area contributed by atoms with E-state index in [2.05, 4.69) is 0 Å². The molecule has 2 amide bonds. The molecule has 132 valence electrons. The third-order valence-electron chi connectivity index (χ3n) is 3.90. The highest BCUT2D eigenvalue weighted by Gasteiger charge is 2.35. The summed E-state index contributed by atoms with van der Waals surface area (Å²) in [7, 11) is 1.51. The Morgan fingerprint density at radius 1 is 1.30 bits per heavy atom. The molecule has 1 fully saturated rings. The van der Waals surface area contributed by atoms with Gasteiger partial charge in [0.2, 0.25) is 11.8 Å². The summed E-state index contributed by atoms with van der Waals surface area (Å²) in [5, 5.41) is 8.98. The van der Waals surface area contributed by atoms with Crippen LogP contribution < -0.4 is 0 Å². The quantitative estimate of drug-likeness (QED) is 0.780. The third kappa shape index (κ3) is 5.82. The summed E-state index contributed by atoms with van der Waals surface area (Å²) in [4.78, 5) is 39.0. The number of carboxylic acid groups (broad SMARTS) is 1. The predicted molar refractivity (Wildman–Crippen MR) is 84.9 cm³/mol. The fraction of sp³-hybridized carbons (Fsp3) is 0.812. The fourth-order valence-corrected chi connectivity index (χ4v) is 2.73. The van der Waals surface area contributed by atoms with Gasteiger partial charge < -0.3 is 19.6 Å². The topological polar surface area (TPSA) is 87.2 Å². The van der Waals surface area contributed by atoms with Crippen LogP contribution in [0.25, 0.3) is 0 Å². The highest BCUT2D eigenvalue weighted by molar-refractivity contribution is 5.85. The van der Waals surface area contributed by atoms with E-state index in [0.29, 0.717) is 19.5 Å². The maximum Gasteiger partial charge on any atom is 0.323 e. The molecular weight excluding hydrogens is 300 g/mol. The first-order chi connectivity index (χ1) is 10.7. The van der Waals surface area contributed by atoms with E-state index in [1.807, 2.05) is 20.8 Å². The van der Waals surface area contributed by atoms with Crippen LogP contribution in [0.3, 0.4) is 0 Å². The van der Waals surface area contributed by atoms with Crippen LogP contribution in [-0.4, -0.2) is 72.6 Å². The summed E-state index contributed by atoms with van der Waals surface area (Å²) >= 11 is 0. The monoisotopic (exact) mass is 328 g/mol. The molecule has 1 saturated heterocycles. The molecular formula is C16H28N2O5. The second-order valence-corrected chi connectivity index (χ2v) is 6.99. The van der Waals surface area contributed by atoms with Crippen molar-refractivity contribution < 1.29 is 24.2 Å². The van der Waals surface area contributed by atoms with Crippen molar-refractivity contribution in [2.24, 2.45) is 11.3 Å². The zero-order valence-corrected chi connectivity index (χ0v) is 14.5. The Morgan fingerprint density at radius 3 is 2.48 bits per heavy atom. The van der Waals surface area contributed by atoms with Gasteiger partial charge >= 0.3 is 5.97 Å². The molecule has 0 radical (unpaired) electrons. The average Bonchev–Trinajstić information content (AvgIpc) is 2.48. The molecule has 7 nitrogen and oxygen atoms in total. The Labute approximate surface area is 137 Å². The molecule has 1 rings (SSSR count). The Hall–Kier alpha value is -1.63. The Morgan fingerprint density at radius 2 is 1.96 bits per heavy atom. The van der Waals surface area contributed by atoms with E-state index >= 15 is 0 Å². The molecule has 1 heterocycles. The van der Waals surface area contributed by atoms with E-state index < -0.39 is 11.4 Å². The van der Waals surface area contributed by atoms with Crippen molar-refractivity contribution in [3.05, 3.63) is 0 Å². The summed E-state index contributed by atoms with van der Waals surface area (Å²) in [5.74, 6) is -1.58. The van der Waals surface area contributed by atoms with Crippen molar-refractivity contribution in [3.63, 3.8) is 0 Å². The lowest BCUT2D eigenvalue weighted by molar-refractivity contribution is -0.150. The summed E-state index contributed by atoms with van der Waals surface area (Å²) in [6, 6.07) is 0. The zero-order valence-electron chi connectivity index (χ0n) is 14.5. The molecule has 0 aromatic heterocycles. The lowest BCUT2D eigenvalue weighted by atomic mass is 9.90. The number of amides is 2. The average molecular weight is 328 g/mol. The molecule has 7 heteroatoms. The lowest BCUT2D eigenvalue weighted by Crippen LogP contribution is -2.50. The first-order valence-corrected chi connectivity index (χ1v) is 7.95. The van der Waals surface area contributed by atoms with E-state index in [1.165, 1.54) is 12.0 Å². The molecule has 0 spiro atoms. The third-order valence-corrected chi connectivity index (χ3v) is 3.90. The number of carboxylic acids is 1. The second-order valence-electron chi connectivity index (χ2n) is 6.99. The van der Waals surface area contributed by atoms with Gasteiger partial charge in [-0.3, -0.25) is 14.4 Å². The smallest absolute Gasteiger partial charge is 0.323 e. The molecule has 1 unspecified atom stereocenters. The van der Waals surface area contributed by atoms with Gasteiger partial charge in [-0.2, -0.15) is 0 Å². The number of aliphatic carboxylic acids is 1. The summed E-state index contributed by atoms with van der Waals surface area (Å²) in [6.07, 6.45) is 1.43. The maximum atomic E-state index is 12.6. The SMILES string of the molecule is COCCN(CC(=O)O)C(=O)C1CCCN(C(=O)C(C)(C)C)C1. The number of piperidine rings is 1. The zero-order chi connectivity index (χ0) is 17.6. The molecule has 23 heavy (non-hydrogen) atoms. The van der Waals surface area contributed by atoms with Gasteiger partial charge in [-0.25, -0.2) is 0 Å². The molecule has 1 aliphatic heterocycles. The number of carbonyl (C=O) groups is 3. The van der Waals surface area contributed by atoms with Crippen LogP contribution in [0.5, 0.6) is 0 Å². The minimum absolute atomic E-state index is 0.0247. The van der Waals surface area contributed by atoms with Gasteiger partial charge in [0.15, 0.2) is 0 Å². The van der Waals surface area contributed by atoms with Crippen molar-refractivity contribution in [1.82, 2.24) is 9.80 Å². The first kappa shape index (κ1) is 19.4. The van der Waals surface area contributed by atoms with Gasteiger partial charge in [0, 0.05) is 32.2 Å². The Balaban J connectivity index is 2.76. The predicted octanol–water partition coefficient (Wildman–Crippen LogP) is 0.831. The molecule has 0 aliphatic carbocycles. The number of ether oxygens (including phenoxy) is 1.